The maximum Gasteiger partial charge on any atom is 0.255 e. The monoisotopic (exact) mass is 294 g/mol. The molecule has 0 saturated carbocycles. The smallest absolute Gasteiger partial charge is 0.255 e. The Morgan fingerprint density at radius 2 is 1.77 bits per heavy atom. The summed E-state index contributed by atoms with van der Waals surface area (Å²) >= 11 is 0. The minimum atomic E-state index is -0.364. The number of nitrogens with one attached hydrogen (secondary N) is 1. The lowest BCUT2D eigenvalue weighted by Crippen LogP contribution is -2.18. The molecule has 0 saturated heterocycles. The van der Waals surface area contributed by atoms with Gasteiger partial charge < -0.3 is 5.32 Å². The number of pyridine rings is 1. The molecule has 3 rings (SSSR count). The molecule has 0 aliphatic rings. The maximum atomic E-state index is 13.3. The van der Waals surface area contributed by atoms with Crippen molar-refractivity contribution in [2.75, 3.05) is 5.32 Å². The van der Waals surface area contributed by atoms with Gasteiger partial charge in [-0.05, 0) is 35.9 Å². The third-order valence-electron chi connectivity index (χ3n) is 3.33. The van der Waals surface area contributed by atoms with Gasteiger partial charge in [0.05, 0.1) is 5.69 Å². The summed E-state index contributed by atoms with van der Waals surface area (Å²) in [5.74, 6) is -0.364. The van der Waals surface area contributed by atoms with Crippen molar-refractivity contribution in [2.45, 2.75) is 6.54 Å². The van der Waals surface area contributed by atoms with E-state index in [-0.39, 0.29) is 11.4 Å². The van der Waals surface area contributed by atoms with Gasteiger partial charge in [-0.2, -0.15) is 0 Å². The van der Waals surface area contributed by atoms with Crippen molar-refractivity contribution >= 4 is 5.69 Å². The molecule has 0 radical (unpaired) electrons. The summed E-state index contributed by atoms with van der Waals surface area (Å²) in [6.45, 7) is 0.583. The van der Waals surface area contributed by atoms with Crippen LogP contribution in [0.3, 0.4) is 0 Å². The first-order chi connectivity index (χ1) is 10.7. The van der Waals surface area contributed by atoms with Gasteiger partial charge in [-0.1, -0.05) is 30.3 Å². The minimum absolute atomic E-state index is 0.186. The SMILES string of the molecule is O=c1ccc(CNc2ccccc2)cn1-c1cccc(F)c1. The van der Waals surface area contributed by atoms with E-state index in [1.165, 1.54) is 22.8 Å². The van der Waals surface area contributed by atoms with E-state index in [9.17, 15) is 9.18 Å². The first-order valence-electron chi connectivity index (χ1n) is 6.99. The van der Waals surface area contributed by atoms with Crippen LogP contribution < -0.4 is 10.9 Å². The number of halogens is 1. The van der Waals surface area contributed by atoms with Crippen molar-refractivity contribution in [1.29, 1.82) is 0 Å². The van der Waals surface area contributed by atoms with E-state index in [0.29, 0.717) is 12.2 Å². The Kier molecular flexibility index (Phi) is 4.01. The molecule has 4 heteroatoms. The molecule has 0 bridgehead atoms. The van der Waals surface area contributed by atoms with Gasteiger partial charge in [0.1, 0.15) is 5.82 Å². The molecular formula is C18H15FN2O. The predicted octanol–water partition coefficient (Wildman–Crippen LogP) is 3.59. The van der Waals surface area contributed by atoms with Crippen LogP contribution in [0.1, 0.15) is 5.56 Å². The summed E-state index contributed by atoms with van der Waals surface area (Å²) in [7, 11) is 0. The van der Waals surface area contributed by atoms with Gasteiger partial charge in [-0.15, -0.1) is 0 Å². The molecule has 0 aliphatic carbocycles. The zero-order chi connectivity index (χ0) is 15.4. The lowest BCUT2D eigenvalue weighted by molar-refractivity contribution is 0.626. The van der Waals surface area contributed by atoms with Crippen LogP contribution in [-0.2, 0) is 6.54 Å². The van der Waals surface area contributed by atoms with Gasteiger partial charge in [-0.3, -0.25) is 9.36 Å². The van der Waals surface area contributed by atoms with E-state index < -0.39 is 0 Å². The number of benzene rings is 2. The van der Waals surface area contributed by atoms with Crippen molar-refractivity contribution in [3.63, 3.8) is 0 Å². The summed E-state index contributed by atoms with van der Waals surface area (Å²) in [6, 6.07) is 19.1. The summed E-state index contributed by atoms with van der Waals surface area (Å²) in [5, 5.41) is 3.28. The normalized spacial score (nSPS) is 10.4. The number of anilines is 1. The standard InChI is InChI=1S/C18H15FN2O/c19-15-5-4-8-17(11-15)21-13-14(9-10-18(21)22)12-20-16-6-2-1-3-7-16/h1-11,13,20H,12H2. The number of hydrogen-bond acceptors (Lipinski definition) is 2. The average molecular weight is 294 g/mol. The Hall–Kier alpha value is -2.88. The van der Waals surface area contributed by atoms with Gasteiger partial charge in [0.2, 0.25) is 0 Å². The van der Waals surface area contributed by atoms with Crippen LogP contribution in [0.25, 0.3) is 5.69 Å². The Morgan fingerprint density at radius 1 is 0.955 bits per heavy atom. The van der Waals surface area contributed by atoms with Crippen molar-refractivity contribution in [1.82, 2.24) is 4.57 Å². The third-order valence-corrected chi connectivity index (χ3v) is 3.33. The fourth-order valence-corrected chi connectivity index (χ4v) is 2.22. The van der Waals surface area contributed by atoms with Gasteiger partial charge in [0, 0.05) is 24.5 Å². The first-order valence-corrected chi connectivity index (χ1v) is 6.99. The van der Waals surface area contributed by atoms with Crippen LogP contribution in [-0.4, -0.2) is 4.57 Å². The first kappa shape index (κ1) is 14.1. The predicted molar refractivity (Wildman–Crippen MR) is 85.8 cm³/mol. The zero-order valence-electron chi connectivity index (χ0n) is 11.9. The highest BCUT2D eigenvalue weighted by Gasteiger charge is 2.03. The van der Waals surface area contributed by atoms with Gasteiger partial charge >= 0.3 is 0 Å². The molecule has 3 aromatic rings. The lowest BCUT2D eigenvalue weighted by atomic mass is 10.2. The lowest BCUT2D eigenvalue weighted by Gasteiger charge is -2.10. The summed E-state index contributed by atoms with van der Waals surface area (Å²) in [5.41, 5.74) is 2.28. The molecule has 2 aromatic carbocycles. The van der Waals surface area contributed by atoms with E-state index in [1.54, 1.807) is 24.4 Å². The molecule has 1 aromatic heterocycles. The second-order valence-electron chi connectivity index (χ2n) is 4.95. The van der Waals surface area contributed by atoms with Crippen LogP contribution in [0.4, 0.5) is 10.1 Å². The number of hydrogen-bond donors (Lipinski definition) is 1. The molecule has 0 unspecified atom stereocenters. The number of nitrogens with zero attached hydrogens (tertiary/aromatic N) is 1. The second-order valence-corrected chi connectivity index (χ2v) is 4.95. The van der Waals surface area contributed by atoms with E-state index in [2.05, 4.69) is 5.32 Å². The van der Waals surface area contributed by atoms with Crippen LogP contribution >= 0.6 is 0 Å². The van der Waals surface area contributed by atoms with Crippen LogP contribution in [0.5, 0.6) is 0 Å². The molecular weight excluding hydrogens is 279 g/mol. The molecule has 110 valence electrons. The van der Waals surface area contributed by atoms with Gasteiger partial charge in [0.25, 0.3) is 5.56 Å². The van der Waals surface area contributed by atoms with Gasteiger partial charge in [-0.25, -0.2) is 4.39 Å². The Labute approximate surface area is 127 Å². The number of para-hydroxylation sites is 1. The van der Waals surface area contributed by atoms with Crippen molar-refractivity contribution in [3.05, 3.63) is 94.7 Å². The van der Waals surface area contributed by atoms with Crippen molar-refractivity contribution < 1.29 is 4.39 Å². The Bertz CT molecular complexity index is 828. The fourth-order valence-electron chi connectivity index (χ4n) is 2.22. The molecule has 22 heavy (non-hydrogen) atoms. The minimum Gasteiger partial charge on any atom is -0.381 e. The Balaban J connectivity index is 1.85. The summed E-state index contributed by atoms with van der Waals surface area (Å²) in [6.07, 6.45) is 1.73. The molecule has 0 atom stereocenters. The van der Waals surface area contributed by atoms with Crippen LogP contribution in [0.2, 0.25) is 0 Å². The van der Waals surface area contributed by atoms with Crippen LogP contribution in [0, 0.1) is 5.82 Å². The fraction of sp³-hybridized carbons (Fsp3) is 0.0556. The third kappa shape index (κ3) is 3.23. The molecule has 1 heterocycles. The Morgan fingerprint density at radius 3 is 2.55 bits per heavy atom. The molecule has 0 aliphatic heterocycles. The van der Waals surface area contributed by atoms with Gasteiger partial charge in [0.15, 0.2) is 0 Å². The van der Waals surface area contributed by atoms with Crippen molar-refractivity contribution in [3.8, 4) is 5.69 Å². The molecule has 0 spiro atoms. The highest BCUT2D eigenvalue weighted by atomic mass is 19.1. The molecule has 3 nitrogen and oxygen atoms in total. The van der Waals surface area contributed by atoms with E-state index in [1.807, 2.05) is 30.3 Å². The van der Waals surface area contributed by atoms with E-state index in [0.717, 1.165) is 11.3 Å². The maximum absolute atomic E-state index is 13.3. The molecule has 0 fully saturated rings. The number of aromatic nitrogens is 1. The van der Waals surface area contributed by atoms with Crippen LogP contribution in [0.15, 0.2) is 77.7 Å². The number of rotatable bonds is 4. The zero-order valence-corrected chi connectivity index (χ0v) is 11.9. The second kappa shape index (κ2) is 6.26. The highest BCUT2D eigenvalue weighted by Crippen LogP contribution is 2.11. The summed E-state index contributed by atoms with van der Waals surface area (Å²) < 4.78 is 14.8. The average Bonchev–Trinajstić information content (AvgIpc) is 2.55. The molecule has 1 N–H and O–H groups in total. The van der Waals surface area contributed by atoms with Crippen molar-refractivity contribution in [2.24, 2.45) is 0 Å². The largest absolute Gasteiger partial charge is 0.381 e. The molecule has 0 amide bonds. The topological polar surface area (TPSA) is 34.0 Å². The van der Waals surface area contributed by atoms with E-state index in [4.69, 9.17) is 0 Å². The quantitative estimate of drug-likeness (QED) is 0.798. The van der Waals surface area contributed by atoms with E-state index >= 15 is 0 Å². The summed E-state index contributed by atoms with van der Waals surface area (Å²) in [4.78, 5) is 12.0. The highest BCUT2D eigenvalue weighted by molar-refractivity contribution is 5.43.